The minimum absolute atomic E-state index is 0. The first-order valence-corrected chi connectivity index (χ1v) is 9.44. The molecule has 1 nitrogen and oxygen atoms in total. The van der Waals surface area contributed by atoms with Crippen LogP contribution in [0.3, 0.4) is 0 Å². The zero-order valence-electron chi connectivity index (χ0n) is 16.5. The molecular formula is C27H19NY+. The van der Waals surface area contributed by atoms with Gasteiger partial charge in [-0.15, -0.1) is 29.8 Å². The third-order valence-electron chi connectivity index (χ3n) is 5.39. The molecule has 0 unspecified atom stereocenters. The zero-order valence-corrected chi connectivity index (χ0v) is 19.4. The number of rotatable bonds is 2. The number of fused-ring (bicyclic) bond motifs is 2. The number of hydrogen-bond donors (Lipinski definition) is 0. The molecule has 0 saturated carbocycles. The standard InChI is InChI=1S/C27H19N.Y/c1-19-24-11-7-6-10-21(24)14-15-25(19)27-26-18-23(20-8-4-3-5-9-20)13-12-22(26)16-17-28(27)2;/h3-8,10-14,16-17H,1-2H3;/q-2;+3. The van der Waals surface area contributed by atoms with Crippen molar-refractivity contribution in [2.24, 2.45) is 7.05 Å². The maximum Gasteiger partial charge on any atom is 3.00 e. The Bertz CT molecular complexity index is 1320. The summed E-state index contributed by atoms with van der Waals surface area (Å²) in [6, 6.07) is 35.6. The number of nitrogens with zero attached hydrogens (tertiary/aromatic N) is 1. The van der Waals surface area contributed by atoms with Crippen LogP contribution in [0, 0.1) is 25.1 Å². The molecule has 0 saturated heterocycles. The smallest absolute Gasteiger partial charge is 0.243 e. The van der Waals surface area contributed by atoms with E-state index in [9.17, 15) is 0 Å². The van der Waals surface area contributed by atoms with Gasteiger partial charge in [0.2, 0.25) is 0 Å². The van der Waals surface area contributed by atoms with Crippen LogP contribution in [0.1, 0.15) is 5.56 Å². The maximum atomic E-state index is 3.65. The molecule has 0 bridgehead atoms. The fourth-order valence-corrected chi connectivity index (χ4v) is 3.91. The van der Waals surface area contributed by atoms with E-state index in [1.165, 1.54) is 21.7 Å². The van der Waals surface area contributed by atoms with Gasteiger partial charge in [0.15, 0.2) is 6.20 Å². The van der Waals surface area contributed by atoms with E-state index in [0.717, 1.165) is 27.8 Å². The van der Waals surface area contributed by atoms with E-state index in [0.29, 0.717) is 0 Å². The summed E-state index contributed by atoms with van der Waals surface area (Å²) in [6.45, 7) is 2.18. The Morgan fingerprint density at radius 1 is 0.793 bits per heavy atom. The molecule has 4 aromatic carbocycles. The molecule has 0 aliphatic rings. The van der Waals surface area contributed by atoms with Gasteiger partial charge in [-0.25, -0.2) is 10.1 Å². The molecule has 29 heavy (non-hydrogen) atoms. The Morgan fingerprint density at radius 3 is 2.45 bits per heavy atom. The van der Waals surface area contributed by atoms with Crippen LogP contribution in [-0.4, -0.2) is 0 Å². The van der Waals surface area contributed by atoms with Crippen LogP contribution in [0.2, 0.25) is 0 Å². The quantitative estimate of drug-likeness (QED) is 0.236. The fraction of sp³-hybridized carbons (Fsp3) is 0.0741. The predicted molar refractivity (Wildman–Crippen MR) is 115 cm³/mol. The normalized spacial score (nSPS) is 10.8. The van der Waals surface area contributed by atoms with Gasteiger partial charge in [0.25, 0.3) is 0 Å². The number of aromatic nitrogens is 1. The van der Waals surface area contributed by atoms with E-state index in [1.807, 2.05) is 18.2 Å². The molecule has 5 aromatic rings. The van der Waals surface area contributed by atoms with Crippen molar-refractivity contribution in [1.29, 1.82) is 0 Å². The van der Waals surface area contributed by atoms with E-state index in [4.69, 9.17) is 0 Å². The van der Waals surface area contributed by atoms with Crippen molar-refractivity contribution < 1.29 is 37.3 Å². The molecule has 0 N–H and O–H groups in total. The zero-order chi connectivity index (χ0) is 19.1. The van der Waals surface area contributed by atoms with Gasteiger partial charge in [-0.3, -0.25) is 0 Å². The molecule has 134 valence electrons. The van der Waals surface area contributed by atoms with Crippen LogP contribution in [0.25, 0.3) is 43.9 Å². The number of benzene rings is 4. The summed E-state index contributed by atoms with van der Waals surface area (Å²) in [5.41, 5.74) is 5.61. The molecule has 1 aromatic heterocycles. The second-order valence-corrected chi connectivity index (χ2v) is 7.13. The summed E-state index contributed by atoms with van der Waals surface area (Å²) in [7, 11) is 2.09. The predicted octanol–water partition coefficient (Wildman–Crippen LogP) is 5.86. The molecule has 0 fully saturated rings. The summed E-state index contributed by atoms with van der Waals surface area (Å²) in [4.78, 5) is 0. The van der Waals surface area contributed by atoms with Crippen molar-refractivity contribution in [3.8, 4) is 22.4 Å². The summed E-state index contributed by atoms with van der Waals surface area (Å²) >= 11 is 0. The summed E-state index contributed by atoms with van der Waals surface area (Å²) < 4.78 is 2.17. The van der Waals surface area contributed by atoms with Gasteiger partial charge in [0, 0.05) is 0 Å². The summed E-state index contributed by atoms with van der Waals surface area (Å²) in [5, 5.41) is 4.76. The molecule has 0 aliphatic carbocycles. The van der Waals surface area contributed by atoms with E-state index in [2.05, 4.69) is 97.5 Å². The first-order valence-electron chi connectivity index (χ1n) is 9.44. The van der Waals surface area contributed by atoms with Crippen molar-refractivity contribution in [2.45, 2.75) is 6.92 Å². The van der Waals surface area contributed by atoms with Crippen LogP contribution in [-0.2, 0) is 39.8 Å². The molecular weight excluding hydrogens is 427 g/mol. The third kappa shape index (κ3) is 3.54. The monoisotopic (exact) mass is 446 g/mol. The van der Waals surface area contributed by atoms with Gasteiger partial charge < -0.3 is 0 Å². The second-order valence-electron chi connectivity index (χ2n) is 7.13. The van der Waals surface area contributed by atoms with Gasteiger partial charge >= 0.3 is 32.7 Å². The Kier molecular flexibility index (Phi) is 5.63. The average molecular weight is 446 g/mol. The molecule has 0 spiro atoms. The molecule has 0 amide bonds. The largest absolute Gasteiger partial charge is 3.00 e. The Balaban J connectivity index is 0.00000205. The Morgan fingerprint density at radius 2 is 1.62 bits per heavy atom. The summed E-state index contributed by atoms with van der Waals surface area (Å²) in [5.74, 6) is 0. The molecule has 2 heteroatoms. The van der Waals surface area contributed by atoms with Crippen LogP contribution >= 0.6 is 0 Å². The van der Waals surface area contributed by atoms with Crippen LogP contribution < -0.4 is 4.57 Å². The van der Waals surface area contributed by atoms with E-state index >= 15 is 0 Å². The van der Waals surface area contributed by atoms with E-state index in [1.54, 1.807) is 0 Å². The van der Waals surface area contributed by atoms with Crippen molar-refractivity contribution in [3.63, 3.8) is 0 Å². The summed E-state index contributed by atoms with van der Waals surface area (Å²) in [6.07, 6.45) is 2.11. The minimum Gasteiger partial charge on any atom is -0.243 e. The van der Waals surface area contributed by atoms with Crippen LogP contribution in [0.5, 0.6) is 0 Å². The number of aryl methyl sites for hydroxylation is 2. The topological polar surface area (TPSA) is 3.88 Å². The molecule has 5 rings (SSSR count). The Hall–Kier alpha value is -2.35. The van der Waals surface area contributed by atoms with Gasteiger partial charge in [0.1, 0.15) is 12.7 Å². The van der Waals surface area contributed by atoms with Crippen LogP contribution in [0.15, 0.2) is 79.0 Å². The van der Waals surface area contributed by atoms with Gasteiger partial charge in [-0.2, -0.15) is 42.0 Å². The fourth-order valence-electron chi connectivity index (χ4n) is 3.91. The first-order chi connectivity index (χ1) is 13.7. The number of pyridine rings is 1. The van der Waals surface area contributed by atoms with Gasteiger partial charge in [-0.05, 0) is 6.07 Å². The SMILES string of the molecule is Cc1c(-c2c3[c-]c(-c4[c-]cccc4)ccc3cc[n+]2C)[c-]cc2ccccc12.[Y+3]. The third-order valence-corrected chi connectivity index (χ3v) is 5.39. The maximum absolute atomic E-state index is 3.65. The van der Waals surface area contributed by atoms with Crippen molar-refractivity contribution in [2.75, 3.05) is 0 Å². The van der Waals surface area contributed by atoms with Crippen molar-refractivity contribution >= 4 is 21.5 Å². The molecule has 0 radical (unpaired) electrons. The van der Waals surface area contributed by atoms with Crippen molar-refractivity contribution in [1.82, 2.24) is 0 Å². The van der Waals surface area contributed by atoms with E-state index in [-0.39, 0.29) is 32.7 Å². The molecule has 1 heterocycles. The van der Waals surface area contributed by atoms with Gasteiger partial charge in [-0.1, -0.05) is 58.3 Å². The number of hydrogen-bond acceptors (Lipinski definition) is 0. The van der Waals surface area contributed by atoms with Crippen LogP contribution in [0.4, 0.5) is 0 Å². The van der Waals surface area contributed by atoms with E-state index < -0.39 is 0 Å². The Labute approximate surface area is 196 Å². The van der Waals surface area contributed by atoms with Gasteiger partial charge in [0.05, 0.1) is 0 Å². The average Bonchev–Trinajstić information content (AvgIpc) is 2.75. The van der Waals surface area contributed by atoms with Crippen molar-refractivity contribution in [3.05, 3.63) is 103 Å². The first kappa shape index (κ1) is 19.9. The second kappa shape index (κ2) is 8.18. The minimum atomic E-state index is 0. The molecule has 0 aliphatic heterocycles. The molecule has 0 atom stereocenters.